The van der Waals surface area contributed by atoms with Crippen LogP contribution in [0.25, 0.3) is 0 Å². The maximum atomic E-state index is 12.3. The highest BCUT2D eigenvalue weighted by atomic mass is 35.5. The Labute approximate surface area is 114 Å². The summed E-state index contributed by atoms with van der Waals surface area (Å²) >= 11 is 5.83. The van der Waals surface area contributed by atoms with Gasteiger partial charge in [-0.25, -0.2) is 8.42 Å². The SMILES string of the molecule is CC(C)S(=O)(=O)N(Cc1ccc(Cl)cc1)C1CC1. The molecule has 0 N–H and O–H groups in total. The van der Waals surface area contributed by atoms with Crippen molar-refractivity contribution in [3.63, 3.8) is 0 Å². The molecule has 100 valence electrons. The first kappa shape index (κ1) is 13.8. The lowest BCUT2D eigenvalue weighted by molar-refractivity contribution is 0.394. The molecule has 0 heterocycles. The maximum Gasteiger partial charge on any atom is 0.216 e. The number of hydrogen-bond acceptors (Lipinski definition) is 2. The second kappa shape index (κ2) is 5.19. The molecule has 0 unspecified atom stereocenters. The predicted molar refractivity (Wildman–Crippen MR) is 74.1 cm³/mol. The summed E-state index contributed by atoms with van der Waals surface area (Å²) in [6.07, 6.45) is 1.94. The van der Waals surface area contributed by atoms with E-state index in [4.69, 9.17) is 11.6 Å². The highest BCUT2D eigenvalue weighted by Crippen LogP contribution is 2.32. The molecule has 0 saturated heterocycles. The summed E-state index contributed by atoms with van der Waals surface area (Å²) in [5, 5.41) is 0.300. The molecular weight excluding hydrogens is 270 g/mol. The van der Waals surface area contributed by atoms with E-state index in [1.807, 2.05) is 12.1 Å². The maximum absolute atomic E-state index is 12.3. The number of benzene rings is 1. The van der Waals surface area contributed by atoms with Crippen molar-refractivity contribution >= 4 is 21.6 Å². The zero-order valence-electron chi connectivity index (χ0n) is 10.6. The Bertz CT molecular complexity index is 506. The fourth-order valence-corrected chi connectivity index (χ4v) is 3.45. The summed E-state index contributed by atoms with van der Waals surface area (Å²) in [5.74, 6) is 0. The Morgan fingerprint density at radius 1 is 1.28 bits per heavy atom. The van der Waals surface area contributed by atoms with Gasteiger partial charge in [0, 0.05) is 17.6 Å². The van der Waals surface area contributed by atoms with Crippen LogP contribution in [0.2, 0.25) is 5.02 Å². The zero-order valence-corrected chi connectivity index (χ0v) is 12.2. The Balaban J connectivity index is 2.19. The van der Waals surface area contributed by atoms with Gasteiger partial charge in [0.15, 0.2) is 0 Å². The average molecular weight is 288 g/mol. The van der Waals surface area contributed by atoms with Gasteiger partial charge in [0.05, 0.1) is 5.25 Å². The number of hydrogen-bond donors (Lipinski definition) is 0. The molecule has 0 spiro atoms. The molecule has 0 aliphatic heterocycles. The van der Waals surface area contributed by atoms with Crippen molar-refractivity contribution in [2.24, 2.45) is 0 Å². The van der Waals surface area contributed by atoms with Gasteiger partial charge < -0.3 is 0 Å². The van der Waals surface area contributed by atoms with Crippen molar-refractivity contribution in [2.45, 2.75) is 44.5 Å². The number of halogens is 1. The quantitative estimate of drug-likeness (QED) is 0.835. The van der Waals surface area contributed by atoms with Crippen LogP contribution in [-0.4, -0.2) is 24.0 Å². The van der Waals surface area contributed by atoms with Crippen LogP contribution in [0.4, 0.5) is 0 Å². The molecule has 0 bridgehead atoms. The predicted octanol–water partition coefficient (Wildman–Crippen LogP) is 3.04. The first-order valence-corrected chi connectivity index (χ1v) is 8.04. The fourth-order valence-electron chi connectivity index (χ4n) is 1.83. The van der Waals surface area contributed by atoms with Crippen LogP contribution in [0.5, 0.6) is 0 Å². The van der Waals surface area contributed by atoms with Gasteiger partial charge >= 0.3 is 0 Å². The minimum absolute atomic E-state index is 0.188. The minimum Gasteiger partial charge on any atom is -0.212 e. The third-order valence-corrected chi connectivity index (χ3v) is 5.65. The summed E-state index contributed by atoms with van der Waals surface area (Å²) in [6, 6.07) is 7.54. The highest BCUT2D eigenvalue weighted by molar-refractivity contribution is 7.89. The van der Waals surface area contributed by atoms with Crippen LogP contribution in [0.1, 0.15) is 32.3 Å². The van der Waals surface area contributed by atoms with E-state index in [-0.39, 0.29) is 11.3 Å². The smallest absolute Gasteiger partial charge is 0.212 e. The van der Waals surface area contributed by atoms with Crippen LogP contribution >= 0.6 is 11.6 Å². The van der Waals surface area contributed by atoms with Gasteiger partial charge in [-0.15, -0.1) is 0 Å². The van der Waals surface area contributed by atoms with E-state index < -0.39 is 10.0 Å². The topological polar surface area (TPSA) is 37.4 Å². The molecule has 1 aliphatic rings. The van der Waals surface area contributed by atoms with Gasteiger partial charge in [-0.3, -0.25) is 0 Å². The number of sulfonamides is 1. The number of nitrogens with zero attached hydrogens (tertiary/aromatic N) is 1. The monoisotopic (exact) mass is 287 g/mol. The molecule has 1 fully saturated rings. The third-order valence-electron chi connectivity index (χ3n) is 3.13. The van der Waals surface area contributed by atoms with Gasteiger partial charge in [0.1, 0.15) is 0 Å². The molecule has 3 nitrogen and oxygen atoms in total. The minimum atomic E-state index is -3.18. The molecule has 2 rings (SSSR count). The largest absolute Gasteiger partial charge is 0.216 e. The summed E-state index contributed by atoms with van der Waals surface area (Å²) < 4.78 is 26.2. The average Bonchev–Trinajstić information content (AvgIpc) is 3.11. The van der Waals surface area contributed by atoms with Gasteiger partial charge in [-0.2, -0.15) is 4.31 Å². The highest BCUT2D eigenvalue weighted by Gasteiger charge is 2.38. The van der Waals surface area contributed by atoms with E-state index in [9.17, 15) is 8.42 Å². The molecule has 18 heavy (non-hydrogen) atoms. The molecule has 0 aromatic heterocycles. The Hall–Kier alpha value is -0.580. The summed E-state index contributed by atoms with van der Waals surface area (Å²) in [7, 11) is -3.18. The molecule has 0 atom stereocenters. The van der Waals surface area contributed by atoms with Crippen molar-refractivity contribution in [3.05, 3.63) is 34.9 Å². The summed E-state index contributed by atoms with van der Waals surface area (Å²) in [4.78, 5) is 0. The second-order valence-corrected chi connectivity index (χ2v) is 7.87. The molecule has 1 saturated carbocycles. The molecule has 0 amide bonds. The molecule has 5 heteroatoms. The second-order valence-electron chi connectivity index (χ2n) is 5.00. The van der Waals surface area contributed by atoms with E-state index in [2.05, 4.69) is 0 Å². The Morgan fingerprint density at radius 3 is 2.28 bits per heavy atom. The van der Waals surface area contributed by atoms with Crippen LogP contribution in [0.15, 0.2) is 24.3 Å². The van der Waals surface area contributed by atoms with Gasteiger partial charge in [-0.05, 0) is 44.4 Å². The Kier molecular flexibility index (Phi) is 3.99. The van der Waals surface area contributed by atoms with Crippen molar-refractivity contribution in [2.75, 3.05) is 0 Å². The third kappa shape index (κ3) is 3.05. The first-order chi connectivity index (χ1) is 8.41. The molecule has 1 aromatic rings. The van der Waals surface area contributed by atoms with Gasteiger partial charge in [0.25, 0.3) is 0 Å². The first-order valence-electron chi connectivity index (χ1n) is 6.16. The molecule has 1 aromatic carbocycles. The van der Waals surface area contributed by atoms with E-state index in [0.29, 0.717) is 11.6 Å². The zero-order chi connectivity index (χ0) is 13.3. The summed E-state index contributed by atoms with van der Waals surface area (Å²) in [6.45, 7) is 3.90. The normalized spacial score (nSPS) is 16.5. The van der Waals surface area contributed by atoms with Crippen LogP contribution < -0.4 is 0 Å². The van der Waals surface area contributed by atoms with Crippen molar-refractivity contribution < 1.29 is 8.42 Å². The van der Waals surface area contributed by atoms with Crippen molar-refractivity contribution in [1.29, 1.82) is 0 Å². The van der Waals surface area contributed by atoms with Crippen molar-refractivity contribution in [3.8, 4) is 0 Å². The van der Waals surface area contributed by atoms with Crippen LogP contribution in [-0.2, 0) is 16.6 Å². The number of rotatable bonds is 5. The lowest BCUT2D eigenvalue weighted by Crippen LogP contribution is -2.37. The lowest BCUT2D eigenvalue weighted by atomic mass is 10.2. The Morgan fingerprint density at radius 2 is 1.83 bits per heavy atom. The lowest BCUT2D eigenvalue weighted by Gasteiger charge is -2.24. The van der Waals surface area contributed by atoms with Gasteiger partial charge in [-0.1, -0.05) is 23.7 Å². The fraction of sp³-hybridized carbons (Fsp3) is 0.538. The van der Waals surface area contributed by atoms with E-state index in [0.717, 1.165) is 18.4 Å². The van der Waals surface area contributed by atoms with E-state index in [1.54, 1.807) is 30.3 Å². The molecule has 1 aliphatic carbocycles. The molecule has 0 radical (unpaired) electrons. The van der Waals surface area contributed by atoms with E-state index in [1.165, 1.54) is 0 Å². The van der Waals surface area contributed by atoms with E-state index >= 15 is 0 Å². The molecular formula is C13H18ClNO2S. The summed E-state index contributed by atoms with van der Waals surface area (Å²) in [5.41, 5.74) is 0.982. The van der Waals surface area contributed by atoms with Crippen LogP contribution in [0.3, 0.4) is 0 Å². The standard InChI is InChI=1S/C13H18ClNO2S/c1-10(2)18(16,17)15(13-7-8-13)9-11-3-5-12(14)6-4-11/h3-6,10,13H,7-9H2,1-2H3. The van der Waals surface area contributed by atoms with Gasteiger partial charge in [0.2, 0.25) is 10.0 Å². The van der Waals surface area contributed by atoms with Crippen molar-refractivity contribution in [1.82, 2.24) is 4.31 Å². The van der Waals surface area contributed by atoms with Crippen LogP contribution in [0, 0.1) is 0 Å².